The highest BCUT2D eigenvalue weighted by Gasteiger charge is 2.10. The van der Waals surface area contributed by atoms with Gasteiger partial charge in [0.2, 0.25) is 0 Å². The van der Waals surface area contributed by atoms with Gasteiger partial charge in [-0.3, -0.25) is 0 Å². The van der Waals surface area contributed by atoms with Gasteiger partial charge in [-0.05, 0) is 55.7 Å². The molecule has 0 aliphatic heterocycles. The van der Waals surface area contributed by atoms with Crippen molar-refractivity contribution in [2.75, 3.05) is 0 Å². The second kappa shape index (κ2) is 6.17. The van der Waals surface area contributed by atoms with Gasteiger partial charge >= 0.3 is 0 Å². The third-order valence-corrected chi connectivity index (χ3v) is 4.21. The molecule has 2 heteroatoms. The summed E-state index contributed by atoms with van der Waals surface area (Å²) in [5.74, 6) is 0. The van der Waals surface area contributed by atoms with E-state index in [2.05, 4.69) is 49.6 Å². The Bertz CT molecular complexity index is 488. The lowest BCUT2D eigenvalue weighted by atomic mass is 9.97. The zero-order valence-corrected chi connectivity index (χ0v) is 11.8. The Hall–Kier alpha value is -1.12. The van der Waals surface area contributed by atoms with E-state index in [1.165, 1.54) is 16.0 Å². The first-order valence-corrected chi connectivity index (χ1v) is 7.32. The smallest absolute Gasteiger partial charge is 0.0792 e. The summed E-state index contributed by atoms with van der Waals surface area (Å²) in [6.07, 6.45) is 2.61. The standard InChI is InChI=1S/C16H20OS/c1-12-8-9-13(2)15(11-12)16(17)7-3-5-14-6-4-10-18-14/h4,6,8-11,16-17H,3,5,7H2,1-2H3. The van der Waals surface area contributed by atoms with E-state index in [0.29, 0.717) is 0 Å². The minimum Gasteiger partial charge on any atom is -0.388 e. The van der Waals surface area contributed by atoms with E-state index in [1.807, 2.05) is 0 Å². The van der Waals surface area contributed by atoms with E-state index in [9.17, 15) is 5.11 Å². The Balaban J connectivity index is 1.91. The fourth-order valence-electron chi connectivity index (χ4n) is 2.20. The molecule has 18 heavy (non-hydrogen) atoms. The molecular weight excluding hydrogens is 240 g/mol. The Kier molecular flexibility index (Phi) is 4.56. The number of aliphatic hydroxyl groups is 1. The van der Waals surface area contributed by atoms with Crippen molar-refractivity contribution in [3.63, 3.8) is 0 Å². The zero-order chi connectivity index (χ0) is 13.0. The molecule has 0 saturated carbocycles. The van der Waals surface area contributed by atoms with Gasteiger partial charge in [-0.1, -0.05) is 29.8 Å². The van der Waals surface area contributed by atoms with Gasteiger partial charge in [0, 0.05) is 4.88 Å². The maximum absolute atomic E-state index is 10.3. The molecule has 0 fully saturated rings. The quantitative estimate of drug-likeness (QED) is 0.843. The normalized spacial score (nSPS) is 12.6. The summed E-state index contributed by atoms with van der Waals surface area (Å²) in [6.45, 7) is 4.14. The van der Waals surface area contributed by atoms with Crippen LogP contribution in [0.4, 0.5) is 0 Å². The van der Waals surface area contributed by atoms with Crippen molar-refractivity contribution < 1.29 is 5.11 Å². The summed E-state index contributed by atoms with van der Waals surface area (Å²) < 4.78 is 0. The zero-order valence-electron chi connectivity index (χ0n) is 11.0. The maximum Gasteiger partial charge on any atom is 0.0792 e. The van der Waals surface area contributed by atoms with Crippen molar-refractivity contribution >= 4 is 11.3 Å². The molecule has 0 aliphatic carbocycles. The highest BCUT2D eigenvalue weighted by atomic mass is 32.1. The minimum atomic E-state index is -0.329. The van der Waals surface area contributed by atoms with Crippen LogP contribution in [0.1, 0.15) is 40.5 Å². The van der Waals surface area contributed by atoms with E-state index >= 15 is 0 Å². The van der Waals surface area contributed by atoms with E-state index in [1.54, 1.807) is 11.3 Å². The number of aryl methyl sites for hydroxylation is 3. The number of rotatable bonds is 5. The average Bonchev–Trinajstić information content (AvgIpc) is 2.85. The third kappa shape index (κ3) is 3.44. The molecule has 96 valence electrons. The highest BCUT2D eigenvalue weighted by Crippen LogP contribution is 2.24. The van der Waals surface area contributed by atoms with Crippen LogP contribution >= 0.6 is 11.3 Å². The number of thiophene rings is 1. The Morgan fingerprint density at radius 3 is 2.78 bits per heavy atom. The predicted octanol–water partition coefficient (Wildman–Crippen LogP) is 4.42. The van der Waals surface area contributed by atoms with Crippen molar-refractivity contribution in [3.8, 4) is 0 Å². The van der Waals surface area contributed by atoms with Crippen molar-refractivity contribution in [3.05, 3.63) is 57.3 Å². The van der Waals surface area contributed by atoms with E-state index < -0.39 is 0 Å². The van der Waals surface area contributed by atoms with Crippen molar-refractivity contribution in [1.29, 1.82) is 0 Å². The van der Waals surface area contributed by atoms with Gasteiger partial charge in [-0.2, -0.15) is 0 Å². The number of benzene rings is 1. The van der Waals surface area contributed by atoms with Gasteiger partial charge in [0.1, 0.15) is 0 Å². The van der Waals surface area contributed by atoms with Gasteiger partial charge in [0.05, 0.1) is 6.10 Å². The topological polar surface area (TPSA) is 20.2 Å². The molecule has 1 nitrogen and oxygen atoms in total. The SMILES string of the molecule is Cc1ccc(C)c(C(O)CCCc2cccs2)c1. The number of aliphatic hydroxyl groups excluding tert-OH is 1. The molecule has 1 aromatic carbocycles. The summed E-state index contributed by atoms with van der Waals surface area (Å²) in [6, 6.07) is 10.5. The predicted molar refractivity (Wildman–Crippen MR) is 78.1 cm³/mol. The van der Waals surface area contributed by atoms with Crippen LogP contribution in [0.15, 0.2) is 35.7 Å². The molecule has 1 N–H and O–H groups in total. The lowest BCUT2D eigenvalue weighted by molar-refractivity contribution is 0.164. The summed E-state index contributed by atoms with van der Waals surface area (Å²) in [7, 11) is 0. The second-order valence-electron chi connectivity index (χ2n) is 4.85. The van der Waals surface area contributed by atoms with E-state index in [0.717, 1.165) is 24.8 Å². The summed E-state index contributed by atoms with van der Waals surface area (Å²) in [5, 5.41) is 12.4. The first-order valence-electron chi connectivity index (χ1n) is 6.44. The van der Waals surface area contributed by atoms with Crippen LogP contribution in [-0.4, -0.2) is 5.11 Å². The molecule has 2 aromatic rings. The molecule has 1 heterocycles. The van der Waals surface area contributed by atoms with Gasteiger partial charge < -0.3 is 5.11 Å². The Morgan fingerprint density at radius 2 is 2.06 bits per heavy atom. The molecule has 1 unspecified atom stereocenters. The van der Waals surface area contributed by atoms with Gasteiger partial charge in [-0.15, -0.1) is 11.3 Å². The van der Waals surface area contributed by atoms with E-state index in [4.69, 9.17) is 0 Å². The van der Waals surface area contributed by atoms with Crippen LogP contribution in [-0.2, 0) is 6.42 Å². The minimum absolute atomic E-state index is 0.329. The van der Waals surface area contributed by atoms with Crippen LogP contribution < -0.4 is 0 Å². The molecule has 2 rings (SSSR count). The van der Waals surface area contributed by atoms with Crippen molar-refractivity contribution in [2.45, 2.75) is 39.2 Å². The molecule has 0 aliphatic rings. The second-order valence-corrected chi connectivity index (χ2v) is 5.88. The Labute approximate surface area is 113 Å². The summed E-state index contributed by atoms with van der Waals surface area (Å²) in [4.78, 5) is 1.41. The third-order valence-electron chi connectivity index (χ3n) is 3.27. The monoisotopic (exact) mass is 260 g/mol. The van der Waals surface area contributed by atoms with E-state index in [-0.39, 0.29) is 6.10 Å². The molecule has 1 atom stereocenters. The first kappa shape index (κ1) is 13.3. The molecule has 1 aromatic heterocycles. The summed E-state index contributed by atoms with van der Waals surface area (Å²) in [5.41, 5.74) is 3.48. The molecular formula is C16H20OS. The lowest BCUT2D eigenvalue weighted by Gasteiger charge is -2.14. The number of hydrogen-bond donors (Lipinski definition) is 1. The molecule has 0 saturated heterocycles. The lowest BCUT2D eigenvalue weighted by Crippen LogP contribution is -2.01. The molecule has 0 amide bonds. The van der Waals surface area contributed by atoms with Crippen LogP contribution in [0.25, 0.3) is 0 Å². The van der Waals surface area contributed by atoms with Crippen molar-refractivity contribution in [2.24, 2.45) is 0 Å². The maximum atomic E-state index is 10.3. The average molecular weight is 260 g/mol. The molecule has 0 bridgehead atoms. The fourth-order valence-corrected chi connectivity index (χ4v) is 2.95. The van der Waals surface area contributed by atoms with Gasteiger partial charge in [0.15, 0.2) is 0 Å². The first-order chi connectivity index (χ1) is 8.66. The highest BCUT2D eigenvalue weighted by molar-refractivity contribution is 7.09. The summed E-state index contributed by atoms with van der Waals surface area (Å²) >= 11 is 1.79. The van der Waals surface area contributed by atoms with Crippen molar-refractivity contribution in [1.82, 2.24) is 0 Å². The Morgan fingerprint density at radius 1 is 1.22 bits per heavy atom. The fraction of sp³-hybridized carbons (Fsp3) is 0.375. The van der Waals surface area contributed by atoms with Gasteiger partial charge in [-0.25, -0.2) is 0 Å². The largest absolute Gasteiger partial charge is 0.388 e. The number of hydrogen-bond acceptors (Lipinski definition) is 2. The van der Waals surface area contributed by atoms with Crippen LogP contribution in [0, 0.1) is 13.8 Å². The van der Waals surface area contributed by atoms with Crippen LogP contribution in [0.2, 0.25) is 0 Å². The molecule has 0 radical (unpaired) electrons. The van der Waals surface area contributed by atoms with Crippen LogP contribution in [0.5, 0.6) is 0 Å². The molecule has 0 spiro atoms. The van der Waals surface area contributed by atoms with Crippen LogP contribution in [0.3, 0.4) is 0 Å². The van der Waals surface area contributed by atoms with Gasteiger partial charge in [0.25, 0.3) is 0 Å².